The zero-order valence-corrected chi connectivity index (χ0v) is 10.1. The molecule has 0 aliphatic carbocycles. The first-order valence-electron chi connectivity index (χ1n) is 5.68. The number of piperidine rings is 1. The lowest BCUT2D eigenvalue weighted by atomic mass is 9.92. The van der Waals surface area contributed by atoms with Gasteiger partial charge in [-0.1, -0.05) is 0 Å². The second kappa shape index (κ2) is 5.65. The Hall–Kier alpha value is -1.59. The Morgan fingerprint density at radius 1 is 1.41 bits per heavy atom. The Balaban J connectivity index is 2.48. The van der Waals surface area contributed by atoms with Crippen molar-refractivity contribution in [2.24, 2.45) is 5.92 Å². The van der Waals surface area contributed by atoms with Crippen LogP contribution in [-0.2, 0) is 14.4 Å². The van der Waals surface area contributed by atoms with Gasteiger partial charge in [-0.15, -0.1) is 0 Å². The second-order valence-corrected chi connectivity index (χ2v) is 4.41. The Kier molecular flexibility index (Phi) is 4.48. The molecule has 96 valence electrons. The molecule has 1 rings (SSSR count). The molecular weight excluding hydrogens is 224 g/mol. The van der Waals surface area contributed by atoms with Gasteiger partial charge in [0, 0.05) is 19.5 Å². The topological polar surface area (TPSA) is 86.7 Å². The van der Waals surface area contributed by atoms with E-state index in [9.17, 15) is 14.4 Å². The van der Waals surface area contributed by atoms with Crippen molar-refractivity contribution in [3.8, 4) is 0 Å². The lowest BCUT2D eigenvalue weighted by Crippen LogP contribution is -2.49. The van der Waals surface area contributed by atoms with Crippen LogP contribution in [0.3, 0.4) is 0 Å². The predicted octanol–water partition coefficient (Wildman–Crippen LogP) is -0.166. The number of rotatable bonds is 3. The summed E-state index contributed by atoms with van der Waals surface area (Å²) in [6, 6.07) is -0.0916. The van der Waals surface area contributed by atoms with Gasteiger partial charge in [0.15, 0.2) is 0 Å². The van der Waals surface area contributed by atoms with E-state index in [1.54, 1.807) is 4.90 Å². The number of carbonyl (C=O) groups is 3. The van der Waals surface area contributed by atoms with E-state index in [0.29, 0.717) is 19.4 Å². The van der Waals surface area contributed by atoms with Gasteiger partial charge in [0.25, 0.3) is 0 Å². The third-order valence-corrected chi connectivity index (χ3v) is 3.03. The van der Waals surface area contributed by atoms with Crippen molar-refractivity contribution in [2.45, 2.75) is 32.7 Å². The van der Waals surface area contributed by atoms with Gasteiger partial charge in [-0.2, -0.15) is 0 Å². The van der Waals surface area contributed by atoms with Crippen LogP contribution >= 0.6 is 0 Å². The number of aliphatic carboxylic acids is 1. The molecule has 1 heterocycles. The number of carbonyl (C=O) groups excluding carboxylic acids is 2. The van der Waals surface area contributed by atoms with E-state index in [1.807, 2.05) is 6.92 Å². The van der Waals surface area contributed by atoms with Crippen LogP contribution in [0.5, 0.6) is 0 Å². The highest BCUT2D eigenvalue weighted by molar-refractivity contribution is 5.84. The van der Waals surface area contributed by atoms with Crippen molar-refractivity contribution in [3.05, 3.63) is 0 Å². The van der Waals surface area contributed by atoms with Crippen LogP contribution in [0, 0.1) is 5.92 Å². The van der Waals surface area contributed by atoms with Gasteiger partial charge in [0.05, 0.1) is 12.5 Å². The number of hydrogen-bond acceptors (Lipinski definition) is 3. The molecule has 0 spiro atoms. The Morgan fingerprint density at radius 3 is 2.53 bits per heavy atom. The van der Waals surface area contributed by atoms with Gasteiger partial charge in [-0.05, 0) is 19.8 Å². The molecule has 0 aromatic carbocycles. The smallest absolute Gasteiger partial charge is 0.306 e. The summed E-state index contributed by atoms with van der Waals surface area (Å²) >= 11 is 0. The molecule has 0 bridgehead atoms. The first kappa shape index (κ1) is 13.5. The lowest BCUT2D eigenvalue weighted by molar-refractivity contribution is -0.147. The molecule has 17 heavy (non-hydrogen) atoms. The minimum absolute atomic E-state index is 0.0165. The molecular formula is C11H18N2O4. The van der Waals surface area contributed by atoms with E-state index in [0.717, 1.165) is 0 Å². The summed E-state index contributed by atoms with van der Waals surface area (Å²) in [7, 11) is 0. The summed E-state index contributed by atoms with van der Waals surface area (Å²) in [5, 5.41) is 11.3. The lowest BCUT2D eigenvalue weighted by Gasteiger charge is -2.36. The SMILES string of the molecule is CC(=O)NCC(=O)N1CCC(C(=O)O)CC1C. The van der Waals surface area contributed by atoms with Gasteiger partial charge < -0.3 is 15.3 Å². The summed E-state index contributed by atoms with van der Waals surface area (Å²) in [5.41, 5.74) is 0. The summed E-state index contributed by atoms with van der Waals surface area (Å²) in [5.74, 6) is -1.57. The fourth-order valence-electron chi connectivity index (χ4n) is 2.07. The molecule has 1 saturated heterocycles. The molecule has 0 aromatic rings. The van der Waals surface area contributed by atoms with E-state index in [2.05, 4.69) is 5.32 Å². The van der Waals surface area contributed by atoms with Crippen LogP contribution in [0.15, 0.2) is 0 Å². The van der Waals surface area contributed by atoms with Crippen LogP contribution in [-0.4, -0.2) is 46.9 Å². The molecule has 2 unspecified atom stereocenters. The van der Waals surface area contributed by atoms with Crippen molar-refractivity contribution in [3.63, 3.8) is 0 Å². The van der Waals surface area contributed by atoms with E-state index < -0.39 is 5.97 Å². The van der Waals surface area contributed by atoms with Crippen LogP contribution in [0.1, 0.15) is 26.7 Å². The number of hydrogen-bond donors (Lipinski definition) is 2. The highest BCUT2D eigenvalue weighted by Crippen LogP contribution is 2.22. The third kappa shape index (κ3) is 3.72. The maximum Gasteiger partial charge on any atom is 0.306 e. The Labute approximate surface area is 100.0 Å². The van der Waals surface area contributed by atoms with Gasteiger partial charge in [-0.3, -0.25) is 14.4 Å². The van der Waals surface area contributed by atoms with Gasteiger partial charge in [-0.25, -0.2) is 0 Å². The second-order valence-electron chi connectivity index (χ2n) is 4.41. The third-order valence-electron chi connectivity index (χ3n) is 3.03. The van der Waals surface area contributed by atoms with Crippen molar-refractivity contribution >= 4 is 17.8 Å². The average Bonchev–Trinajstić information content (AvgIpc) is 2.25. The van der Waals surface area contributed by atoms with Crippen molar-refractivity contribution in [1.29, 1.82) is 0 Å². The van der Waals surface area contributed by atoms with Crippen molar-refractivity contribution < 1.29 is 19.5 Å². The molecule has 1 fully saturated rings. The standard InChI is InChI=1S/C11H18N2O4/c1-7-5-9(11(16)17)3-4-13(7)10(15)6-12-8(2)14/h7,9H,3-6H2,1-2H3,(H,12,14)(H,16,17). The van der Waals surface area contributed by atoms with Crippen molar-refractivity contribution in [2.75, 3.05) is 13.1 Å². The molecule has 2 atom stereocenters. The summed E-state index contributed by atoms with van der Waals surface area (Å²) in [6.45, 7) is 3.61. The summed E-state index contributed by atoms with van der Waals surface area (Å²) in [6.07, 6.45) is 0.951. The van der Waals surface area contributed by atoms with Crippen molar-refractivity contribution in [1.82, 2.24) is 10.2 Å². The molecule has 6 heteroatoms. The molecule has 2 amide bonds. The average molecular weight is 242 g/mol. The number of carboxylic acids is 1. The maximum atomic E-state index is 11.8. The highest BCUT2D eigenvalue weighted by Gasteiger charge is 2.31. The Bertz CT molecular complexity index is 329. The van der Waals surface area contributed by atoms with E-state index in [1.165, 1.54) is 6.92 Å². The number of nitrogens with one attached hydrogen (secondary N) is 1. The molecule has 1 aliphatic rings. The molecule has 0 radical (unpaired) electrons. The largest absolute Gasteiger partial charge is 0.481 e. The van der Waals surface area contributed by atoms with Crippen LogP contribution < -0.4 is 5.32 Å². The molecule has 6 nitrogen and oxygen atoms in total. The fraction of sp³-hybridized carbons (Fsp3) is 0.727. The minimum Gasteiger partial charge on any atom is -0.481 e. The fourth-order valence-corrected chi connectivity index (χ4v) is 2.07. The predicted molar refractivity (Wildman–Crippen MR) is 60.2 cm³/mol. The van der Waals surface area contributed by atoms with Crippen LogP contribution in [0.4, 0.5) is 0 Å². The summed E-state index contributed by atoms with van der Waals surface area (Å²) < 4.78 is 0. The first-order chi connectivity index (χ1) is 7.91. The van der Waals surface area contributed by atoms with Gasteiger partial charge in [0.1, 0.15) is 0 Å². The maximum absolute atomic E-state index is 11.8. The van der Waals surface area contributed by atoms with Gasteiger partial charge in [0.2, 0.25) is 11.8 Å². The summed E-state index contributed by atoms with van der Waals surface area (Å²) in [4.78, 5) is 34.9. The van der Waals surface area contributed by atoms with E-state index in [4.69, 9.17) is 5.11 Å². The number of nitrogens with zero attached hydrogens (tertiary/aromatic N) is 1. The molecule has 2 N–H and O–H groups in total. The van der Waals surface area contributed by atoms with E-state index >= 15 is 0 Å². The Morgan fingerprint density at radius 2 is 2.06 bits per heavy atom. The van der Waals surface area contributed by atoms with Gasteiger partial charge >= 0.3 is 5.97 Å². The van der Waals surface area contributed by atoms with E-state index in [-0.39, 0.29) is 30.3 Å². The number of amides is 2. The molecule has 0 saturated carbocycles. The van der Waals surface area contributed by atoms with Crippen LogP contribution in [0.2, 0.25) is 0 Å². The zero-order valence-electron chi connectivity index (χ0n) is 10.1. The molecule has 1 aliphatic heterocycles. The quantitative estimate of drug-likeness (QED) is 0.719. The normalized spacial score (nSPS) is 24.2. The molecule has 0 aromatic heterocycles. The first-order valence-corrected chi connectivity index (χ1v) is 5.68. The van der Waals surface area contributed by atoms with Crippen LogP contribution in [0.25, 0.3) is 0 Å². The number of carboxylic acid groups (broad SMARTS) is 1. The monoisotopic (exact) mass is 242 g/mol. The minimum atomic E-state index is -0.800. The highest BCUT2D eigenvalue weighted by atomic mass is 16.4. The zero-order chi connectivity index (χ0) is 13.0. The number of likely N-dealkylation sites (tertiary alicyclic amines) is 1.